The molecular formula is C18H24N4O2. The molecule has 0 N–H and O–H groups in total. The first-order valence-corrected chi connectivity index (χ1v) is 8.58. The molecule has 1 aromatic rings. The molecule has 1 atom stereocenters. The van der Waals surface area contributed by atoms with E-state index >= 15 is 0 Å². The number of methoxy groups -OCH3 is 1. The number of hydrogen-bond acceptors (Lipinski definition) is 5. The zero-order chi connectivity index (χ0) is 17.1. The number of amides is 1. The van der Waals surface area contributed by atoms with E-state index in [9.17, 15) is 10.1 Å². The monoisotopic (exact) mass is 328 g/mol. The van der Waals surface area contributed by atoms with Crippen molar-refractivity contribution in [1.29, 1.82) is 5.26 Å². The van der Waals surface area contributed by atoms with E-state index in [0.717, 1.165) is 11.5 Å². The molecule has 0 radical (unpaired) electrons. The topological polar surface area (TPSA) is 69.5 Å². The summed E-state index contributed by atoms with van der Waals surface area (Å²) in [6, 6.07) is 6.22. The molecule has 0 aromatic carbocycles. The number of pyridine rings is 1. The van der Waals surface area contributed by atoms with E-state index in [1.165, 1.54) is 12.8 Å². The highest BCUT2D eigenvalue weighted by Crippen LogP contribution is 2.40. The summed E-state index contributed by atoms with van der Waals surface area (Å²) < 4.78 is 5.00. The van der Waals surface area contributed by atoms with Gasteiger partial charge in [-0.15, -0.1) is 0 Å². The van der Waals surface area contributed by atoms with Gasteiger partial charge in [0.25, 0.3) is 0 Å². The van der Waals surface area contributed by atoms with Gasteiger partial charge in [-0.05, 0) is 31.9 Å². The number of carbonyl (C=O) groups is 1. The molecule has 0 bridgehead atoms. The number of rotatable bonds is 5. The number of hydrogen-bond donors (Lipinski definition) is 0. The maximum Gasteiger partial charge on any atom is 0.225 e. The molecule has 1 aromatic heterocycles. The van der Waals surface area contributed by atoms with E-state index in [1.807, 2.05) is 24.0 Å². The standard InChI is InChI=1S/C18H24N4O2/c1-13-12-21(8-9-22(13)17(23)7-10-24-2)18-15(11-19)5-6-16(20-18)14-3-4-14/h5-6,13-14H,3-4,7-10,12H2,1-2H3. The Morgan fingerprint density at radius 2 is 2.21 bits per heavy atom. The van der Waals surface area contributed by atoms with Gasteiger partial charge in [0.1, 0.15) is 11.9 Å². The van der Waals surface area contributed by atoms with Crippen LogP contribution in [0, 0.1) is 11.3 Å². The van der Waals surface area contributed by atoms with Gasteiger partial charge in [-0.2, -0.15) is 5.26 Å². The van der Waals surface area contributed by atoms with Crippen molar-refractivity contribution in [2.75, 3.05) is 38.3 Å². The molecule has 6 nitrogen and oxygen atoms in total. The van der Waals surface area contributed by atoms with Gasteiger partial charge >= 0.3 is 0 Å². The second kappa shape index (κ2) is 7.18. The molecule has 3 rings (SSSR count). The Morgan fingerprint density at radius 3 is 2.83 bits per heavy atom. The van der Waals surface area contributed by atoms with Gasteiger partial charge in [0.05, 0.1) is 18.6 Å². The zero-order valence-electron chi connectivity index (χ0n) is 14.4. The number of nitrogens with zero attached hydrogens (tertiary/aromatic N) is 4. The van der Waals surface area contributed by atoms with Crippen LogP contribution in [-0.4, -0.2) is 55.2 Å². The molecule has 24 heavy (non-hydrogen) atoms. The number of carbonyl (C=O) groups excluding carboxylic acids is 1. The number of aromatic nitrogens is 1. The summed E-state index contributed by atoms with van der Waals surface area (Å²) in [7, 11) is 1.61. The first-order valence-electron chi connectivity index (χ1n) is 8.58. The minimum absolute atomic E-state index is 0.0982. The van der Waals surface area contributed by atoms with Crippen molar-refractivity contribution in [3.8, 4) is 6.07 Å². The van der Waals surface area contributed by atoms with Crippen LogP contribution in [0.2, 0.25) is 0 Å². The molecule has 6 heteroatoms. The number of ether oxygens (including phenoxy) is 1. The van der Waals surface area contributed by atoms with Crippen molar-refractivity contribution in [3.05, 3.63) is 23.4 Å². The minimum Gasteiger partial charge on any atom is -0.384 e. The fourth-order valence-corrected chi connectivity index (χ4v) is 3.25. The van der Waals surface area contributed by atoms with Crippen LogP contribution in [0.5, 0.6) is 0 Å². The van der Waals surface area contributed by atoms with Crippen LogP contribution in [0.3, 0.4) is 0 Å². The lowest BCUT2D eigenvalue weighted by atomic mass is 10.1. The lowest BCUT2D eigenvalue weighted by Crippen LogP contribution is -2.54. The van der Waals surface area contributed by atoms with E-state index in [2.05, 4.69) is 11.0 Å². The number of nitriles is 1. The van der Waals surface area contributed by atoms with E-state index < -0.39 is 0 Å². The van der Waals surface area contributed by atoms with Gasteiger partial charge in [-0.25, -0.2) is 4.98 Å². The minimum atomic E-state index is 0.0982. The lowest BCUT2D eigenvalue weighted by Gasteiger charge is -2.40. The molecule has 2 heterocycles. The van der Waals surface area contributed by atoms with Crippen LogP contribution in [-0.2, 0) is 9.53 Å². The quantitative estimate of drug-likeness (QED) is 0.826. The Balaban J connectivity index is 1.72. The van der Waals surface area contributed by atoms with Crippen molar-refractivity contribution >= 4 is 11.7 Å². The highest BCUT2D eigenvalue weighted by Gasteiger charge is 2.30. The third-order valence-corrected chi connectivity index (χ3v) is 4.78. The predicted octanol–water partition coefficient (Wildman–Crippen LogP) is 1.90. The van der Waals surface area contributed by atoms with Gasteiger partial charge in [-0.3, -0.25) is 4.79 Å². The lowest BCUT2D eigenvalue weighted by molar-refractivity contribution is -0.134. The second-order valence-electron chi connectivity index (χ2n) is 6.62. The largest absolute Gasteiger partial charge is 0.384 e. The molecule has 0 spiro atoms. The summed E-state index contributed by atoms with van der Waals surface area (Å²) in [6.45, 7) is 4.57. The van der Waals surface area contributed by atoms with Gasteiger partial charge < -0.3 is 14.5 Å². The highest BCUT2D eigenvalue weighted by atomic mass is 16.5. The molecule has 1 saturated carbocycles. The van der Waals surface area contributed by atoms with Crippen LogP contribution in [0.4, 0.5) is 5.82 Å². The molecule has 2 aliphatic rings. The van der Waals surface area contributed by atoms with Crippen LogP contribution in [0.25, 0.3) is 0 Å². The fourth-order valence-electron chi connectivity index (χ4n) is 3.25. The van der Waals surface area contributed by atoms with Gasteiger partial charge in [0.15, 0.2) is 0 Å². The van der Waals surface area contributed by atoms with Crippen LogP contribution >= 0.6 is 0 Å². The summed E-state index contributed by atoms with van der Waals surface area (Å²) in [5.74, 6) is 1.47. The number of anilines is 1. The molecule has 1 aliphatic heterocycles. The molecule has 1 amide bonds. The van der Waals surface area contributed by atoms with Gasteiger partial charge in [0, 0.05) is 44.4 Å². The summed E-state index contributed by atoms with van der Waals surface area (Å²) in [5.41, 5.74) is 1.71. The molecular weight excluding hydrogens is 304 g/mol. The Kier molecular flexibility index (Phi) is 5.00. The van der Waals surface area contributed by atoms with Gasteiger partial charge in [0.2, 0.25) is 5.91 Å². The Bertz CT molecular complexity index is 651. The first-order chi connectivity index (χ1) is 11.6. The first kappa shape index (κ1) is 16.7. The zero-order valence-corrected chi connectivity index (χ0v) is 14.4. The summed E-state index contributed by atoms with van der Waals surface area (Å²) >= 11 is 0. The predicted molar refractivity (Wildman–Crippen MR) is 90.8 cm³/mol. The average molecular weight is 328 g/mol. The SMILES string of the molecule is COCCC(=O)N1CCN(c2nc(C3CC3)ccc2C#N)CC1C. The van der Waals surface area contributed by atoms with Crippen LogP contribution in [0.15, 0.2) is 12.1 Å². The Morgan fingerprint density at radius 1 is 1.42 bits per heavy atom. The van der Waals surface area contributed by atoms with Crippen LogP contribution in [0.1, 0.15) is 43.4 Å². The third kappa shape index (κ3) is 3.51. The summed E-state index contributed by atoms with van der Waals surface area (Å²) in [5, 5.41) is 9.40. The van der Waals surface area contributed by atoms with E-state index in [0.29, 0.717) is 44.1 Å². The van der Waals surface area contributed by atoms with Crippen molar-refractivity contribution in [2.45, 2.75) is 38.1 Å². The number of piperazine rings is 1. The fraction of sp³-hybridized carbons (Fsp3) is 0.611. The van der Waals surface area contributed by atoms with Crippen molar-refractivity contribution in [3.63, 3.8) is 0 Å². The van der Waals surface area contributed by atoms with Crippen molar-refractivity contribution in [2.24, 2.45) is 0 Å². The smallest absolute Gasteiger partial charge is 0.225 e. The Hall–Kier alpha value is -2.13. The molecule has 128 valence electrons. The normalized spacial score (nSPS) is 20.8. The Labute approximate surface area is 143 Å². The van der Waals surface area contributed by atoms with Crippen molar-refractivity contribution in [1.82, 2.24) is 9.88 Å². The second-order valence-corrected chi connectivity index (χ2v) is 6.62. The summed E-state index contributed by atoms with van der Waals surface area (Å²) in [6.07, 6.45) is 2.80. The van der Waals surface area contributed by atoms with Crippen molar-refractivity contribution < 1.29 is 9.53 Å². The maximum atomic E-state index is 12.2. The summed E-state index contributed by atoms with van der Waals surface area (Å²) in [4.78, 5) is 21.1. The molecule has 1 unspecified atom stereocenters. The van der Waals surface area contributed by atoms with Gasteiger partial charge in [-0.1, -0.05) is 0 Å². The maximum absolute atomic E-state index is 12.2. The average Bonchev–Trinajstić information content (AvgIpc) is 3.44. The highest BCUT2D eigenvalue weighted by molar-refractivity contribution is 5.77. The van der Waals surface area contributed by atoms with E-state index in [1.54, 1.807) is 7.11 Å². The molecule has 2 fully saturated rings. The third-order valence-electron chi connectivity index (χ3n) is 4.78. The molecule has 1 aliphatic carbocycles. The molecule has 1 saturated heterocycles. The van der Waals surface area contributed by atoms with E-state index in [-0.39, 0.29) is 11.9 Å². The van der Waals surface area contributed by atoms with Crippen LogP contribution < -0.4 is 4.90 Å². The van der Waals surface area contributed by atoms with E-state index in [4.69, 9.17) is 9.72 Å².